The molecule has 0 aliphatic heterocycles. The summed E-state index contributed by atoms with van der Waals surface area (Å²) in [5.41, 5.74) is 6.99. The molecule has 0 radical (unpaired) electrons. The zero-order valence-electron chi connectivity index (χ0n) is 10.0. The Morgan fingerprint density at radius 2 is 1.84 bits per heavy atom. The van der Waals surface area contributed by atoms with Crippen LogP contribution in [0.4, 0.5) is 10.1 Å². The molecule has 0 aliphatic carbocycles. The van der Waals surface area contributed by atoms with E-state index >= 15 is 0 Å². The Balaban J connectivity index is 2.47. The molecular formula is C14H10Cl2FNO. The summed E-state index contributed by atoms with van der Waals surface area (Å²) < 4.78 is 13.2. The molecule has 0 saturated heterocycles. The molecule has 19 heavy (non-hydrogen) atoms. The standard InChI is InChI=1S/C14H10Cl2FNO/c1-7-4-8(2-3-11(7)17)14(19)9-5-10(15)13(16)12(18)6-9/h2-6H,18H2,1H3. The van der Waals surface area contributed by atoms with Crippen molar-refractivity contribution in [2.24, 2.45) is 0 Å². The predicted molar refractivity (Wildman–Crippen MR) is 75.4 cm³/mol. The molecule has 0 unspecified atom stereocenters. The number of anilines is 1. The van der Waals surface area contributed by atoms with E-state index in [0.29, 0.717) is 16.7 Å². The molecule has 0 spiro atoms. The van der Waals surface area contributed by atoms with Crippen LogP contribution in [-0.4, -0.2) is 5.78 Å². The Labute approximate surface area is 119 Å². The van der Waals surface area contributed by atoms with Crippen LogP contribution in [0.5, 0.6) is 0 Å². The number of rotatable bonds is 2. The summed E-state index contributed by atoms with van der Waals surface area (Å²) >= 11 is 11.7. The molecule has 0 aromatic heterocycles. The summed E-state index contributed by atoms with van der Waals surface area (Å²) in [6.07, 6.45) is 0. The summed E-state index contributed by atoms with van der Waals surface area (Å²) in [6, 6.07) is 7.06. The second-order valence-corrected chi connectivity index (χ2v) is 4.94. The third-order valence-electron chi connectivity index (χ3n) is 2.74. The maximum absolute atomic E-state index is 13.2. The van der Waals surface area contributed by atoms with Gasteiger partial charge in [-0.3, -0.25) is 4.79 Å². The number of benzene rings is 2. The van der Waals surface area contributed by atoms with E-state index in [2.05, 4.69) is 0 Å². The van der Waals surface area contributed by atoms with Crippen LogP contribution in [0.25, 0.3) is 0 Å². The van der Waals surface area contributed by atoms with Crippen LogP contribution in [0.2, 0.25) is 10.0 Å². The highest BCUT2D eigenvalue weighted by atomic mass is 35.5. The Bertz CT molecular complexity index is 647. The first-order valence-corrected chi connectivity index (χ1v) is 6.21. The quantitative estimate of drug-likeness (QED) is 0.665. The third-order valence-corrected chi connectivity index (χ3v) is 3.56. The molecule has 98 valence electrons. The molecule has 2 aromatic rings. The second-order valence-electron chi connectivity index (χ2n) is 4.15. The van der Waals surface area contributed by atoms with Gasteiger partial charge < -0.3 is 5.73 Å². The second kappa shape index (κ2) is 5.19. The summed E-state index contributed by atoms with van der Waals surface area (Å²) in [7, 11) is 0. The SMILES string of the molecule is Cc1cc(C(=O)c2cc(N)c(Cl)c(Cl)c2)ccc1F. The molecule has 2 rings (SSSR count). The zero-order valence-corrected chi connectivity index (χ0v) is 11.5. The van der Waals surface area contributed by atoms with Gasteiger partial charge in [0.1, 0.15) is 5.82 Å². The van der Waals surface area contributed by atoms with Gasteiger partial charge in [0.2, 0.25) is 0 Å². The van der Waals surface area contributed by atoms with Gasteiger partial charge in [-0.05, 0) is 42.8 Å². The maximum atomic E-state index is 13.2. The van der Waals surface area contributed by atoms with Gasteiger partial charge in [0.15, 0.2) is 5.78 Å². The van der Waals surface area contributed by atoms with Crippen LogP contribution in [-0.2, 0) is 0 Å². The van der Waals surface area contributed by atoms with E-state index in [0.717, 1.165) is 0 Å². The summed E-state index contributed by atoms with van der Waals surface area (Å²) in [4.78, 5) is 12.2. The number of carbonyl (C=O) groups is 1. The van der Waals surface area contributed by atoms with Crippen molar-refractivity contribution >= 4 is 34.7 Å². The number of ketones is 1. The van der Waals surface area contributed by atoms with Gasteiger partial charge in [0.25, 0.3) is 0 Å². The van der Waals surface area contributed by atoms with Gasteiger partial charge in [0, 0.05) is 11.1 Å². The summed E-state index contributed by atoms with van der Waals surface area (Å²) in [6.45, 7) is 1.59. The minimum absolute atomic E-state index is 0.212. The molecule has 2 nitrogen and oxygen atoms in total. The Morgan fingerprint density at radius 3 is 2.42 bits per heavy atom. The predicted octanol–water partition coefficient (Wildman–Crippen LogP) is 4.25. The first kappa shape index (κ1) is 13.8. The van der Waals surface area contributed by atoms with E-state index in [1.54, 1.807) is 6.92 Å². The number of nitrogen functional groups attached to an aromatic ring is 1. The largest absolute Gasteiger partial charge is 0.397 e. The summed E-state index contributed by atoms with van der Waals surface area (Å²) in [5.74, 6) is -0.640. The Hall–Kier alpha value is -1.58. The molecule has 0 aliphatic rings. The van der Waals surface area contributed by atoms with Crippen LogP contribution < -0.4 is 5.73 Å². The van der Waals surface area contributed by atoms with Crippen molar-refractivity contribution in [1.29, 1.82) is 0 Å². The van der Waals surface area contributed by atoms with E-state index < -0.39 is 0 Å². The van der Waals surface area contributed by atoms with Gasteiger partial charge >= 0.3 is 0 Å². The van der Waals surface area contributed by atoms with Crippen molar-refractivity contribution < 1.29 is 9.18 Å². The van der Waals surface area contributed by atoms with Gasteiger partial charge in [-0.1, -0.05) is 23.2 Å². The minimum atomic E-state index is -0.356. The fraction of sp³-hybridized carbons (Fsp3) is 0.0714. The highest BCUT2D eigenvalue weighted by Gasteiger charge is 2.14. The average molecular weight is 298 g/mol. The lowest BCUT2D eigenvalue weighted by atomic mass is 10.0. The van der Waals surface area contributed by atoms with E-state index in [1.165, 1.54) is 30.3 Å². The number of aryl methyl sites for hydroxylation is 1. The lowest BCUT2D eigenvalue weighted by Gasteiger charge is -2.07. The van der Waals surface area contributed by atoms with Crippen LogP contribution in [0.3, 0.4) is 0 Å². The van der Waals surface area contributed by atoms with Crippen molar-refractivity contribution in [3.8, 4) is 0 Å². The number of hydrogen-bond acceptors (Lipinski definition) is 2. The third kappa shape index (κ3) is 2.72. The van der Waals surface area contributed by atoms with E-state index in [9.17, 15) is 9.18 Å². The minimum Gasteiger partial charge on any atom is -0.397 e. The van der Waals surface area contributed by atoms with Gasteiger partial charge in [-0.15, -0.1) is 0 Å². The molecular weight excluding hydrogens is 288 g/mol. The normalized spacial score (nSPS) is 10.5. The van der Waals surface area contributed by atoms with Crippen molar-refractivity contribution in [2.45, 2.75) is 6.92 Å². The van der Waals surface area contributed by atoms with Gasteiger partial charge in [0.05, 0.1) is 15.7 Å². The number of nitrogens with two attached hydrogens (primary N) is 1. The Kier molecular flexibility index (Phi) is 3.78. The van der Waals surface area contributed by atoms with E-state index in [1.807, 2.05) is 0 Å². The number of carbonyl (C=O) groups excluding carboxylic acids is 1. The average Bonchev–Trinajstić information content (AvgIpc) is 2.37. The van der Waals surface area contributed by atoms with Crippen LogP contribution in [0.1, 0.15) is 21.5 Å². The van der Waals surface area contributed by atoms with E-state index in [4.69, 9.17) is 28.9 Å². The molecule has 2 N–H and O–H groups in total. The monoisotopic (exact) mass is 297 g/mol. The first-order valence-electron chi connectivity index (χ1n) is 5.45. The fourth-order valence-electron chi connectivity index (χ4n) is 1.69. The fourth-order valence-corrected chi connectivity index (χ4v) is 2.03. The van der Waals surface area contributed by atoms with Crippen LogP contribution >= 0.6 is 23.2 Å². The van der Waals surface area contributed by atoms with Crippen LogP contribution in [0.15, 0.2) is 30.3 Å². The maximum Gasteiger partial charge on any atom is 0.193 e. The molecule has 5 heteroatoms. The molecule has 0 bridgehead atoms. The number of halogens is 3. The van der Waals surface area contributed by atoms with Crippen molar-refractivity contribution in [2.75, 3.05) is 5.73 Å². The van der Waals surface area contributed by atoms with Crippen molar-refractivity contribution in [3.05, 3.63) is 62.9 Å². The Morgan fingerprint density at radius 1 is 1.16 bits per heavy atom. The first-order chi connectivity index (χ1) is 8.90. The molecule has 0 atom stereocenters. The highest BCUT2D eigenvalue weighted by Crippen LogP contribution is 2.30. The topological polar surface area (TPSA) is 43.1 Å². The van der Waals surface area contributed by atoms with Gasteiger partial charge in [-0.25, -0.2) is 4.39 Å². The summed E-state index contributed by atoms with van der Waals surface area (Å²) in [5, 5.41) is 0.428. The van der Waals surface area contributed by atoms with Crippen LogP contribution in [0, 0.1) is 12.7 Å². The van der Waals surface area contributed by atoms with Gasteiger partial charge in [-0.2, -0.15) is 0 Å². The molecule has 0 fully saturated rings. The zero-order chi connectivity index (χ0) is 14.2. The molecule has 0 amide bonds. The number of hydrogen-bond donors (Lipinski definition) is 1. The smallest absolute Gasteiger partial charge is 0.193 e. The molecule has 0 heterocycles. The molecule has 0 saturated carbocycles. The lowest BCUT2D eigenvalue weighted by Crippen LogP contribution is -2.03. The van der Waals surface area contributed by atoms with E-state index in [-0.39, 0.29) is 27.3 Å². The van der Waals surface area contributed by atoms with Crippen molar-refractivity contribution in [3.63, 3.8) is 0 Å². The molecule has 2 aromatic carbocycles. The lowest BCUT2D eigenvalue weighted by molar-refractivity contribution is 0.103. The highest BCUT2D eigenvalue weighted by molar-refractivity contribution is 6.44. The van der Waals surface area contributed by atoms with Crippen molar-refractivity contribution in [1.82, 2.24) is 0 Å².